The number of hydrogen-bond acceptors (Lipinski definition) is 2. The van der Waals surface area contributed by atoms with Crippen LogP contribution >= 0.6 is 0 Å². The maximum Gasteiger partial charge on any atom is 0.0319 e. The Balaban J connectivity index is 1.85. The summed E-state index contributed by atoms with van der Waals surface area (Å²) < 4.78 is 0. The first-order valence-electron chi connectivity index (χ1n) is 7.72. The zero-order valence-corrected chi connectivity index (χ0v) is 12.7. The number of rotatable bonds is 5. The summed E-state index contributed by atoms with van der Waals surface area (Å²) in [5.74, 6) is 0.876. The highest BCUT2D eigenvalue weighted by molar-refractivity contribution is 5.23. The van der Waals surface area contributed by atoms with Crippen molar-refractivity contribution in [3.05, 3.63) is 35.4 Å². The Bertz CT molecular complexity index is 363. The summed E-state index contributed by atoms with van der Waals surface area (Å²) >= 11 is 0. The average Bonchev–Trinajstić information content (AvgIpc) is 2.46. The zero-order valence-electron chi connectivity index (χ0n) is 12.7. The summed E-state index contributed by atoms with van der Waals surface area (Å²) in [5.41, 5.74) is 2.80. The highest BCUT2D eigenvalue weighted by atomic mass is 15.2. The van der Waals surface area contributed by atoms with Crippen molar-refractivity contribution in [1.29, 1.82) is 0 Å². The van der Waals surface area contributed by atoms with Crippen molar-refractivity contribution in [3.63, 3.8) is 0 Å². The van der Waals surface area contributed by atoms with Crippen LogP contribution in [-0.4, -0.2) is 31.1 Å². The molecular weight excluding hydrogens is 232 g/mol. The van der Waals surface area contributed by atoms with E-state index in [1.807, 2.05) is 0 Å². The molecule has 1 saturated heterocycles. The van der Waals surface area contributed by atoms with E-state index in [2.05, 4.69) is 55.3 Å². The Morgan fingerprint density at radius 3 is 2.42 bits per heavy atom. The second kappa shape index (κ2) is 7.06. The van der Waals surface area contributed by atoms with Gasteiger partial charge in [-0.05, 0) is 64.3 Å². The van der Waals surface area contributed by atoms with E-state index in [4.69, 9.17) is 0 Å². The molecule has 1 N–H and O–H groups in total. The van der Waals surface area contributed by atoms with Crippen molar-refractivity contribution in [1.82, 2.24) is 10.2 Å². The van der Waals surface area contributed by atoms with Gasteiger partial charge in [0.05, 0.1) is 0 Å². The Labute approximate surface area is 118 Å². The minimum atomic E-state index is 0.556. The van der Waals surface area contributed by atoms with E-state index in [1.54, 1.807) is 0 Å². The Morgan fingerprint density at radius 2 is 1.84 bits per heavy atom. The van der Waals surface area contributed by atoms with Crippen LogP contribution in [0.2, 0.25) is 0 Å². The molecule has 1 aromatic rings. The third kappa shape index (κ3) is 4.05. The van der Waals surface area contributed by atoms with Gasteiger partial charge in [0.1, 0.15) is 0 Å². The highest BCUT2D eigenvalue weighted by Gasteiger charge is 2.23. The molecule has 0 amide bonds. The van der Waals surface area contributed by atoms with E-state index in [0.29, 0.717) is 6.04 Å². The summed E-state index contributed by atoms with van der Waals surface area (Å²) in [4.78, 5) is 2.63. The lowest BCUT2D eigenvalue weighted by Gasteiger charge is -2.36. The van der Waals surface area contributed by atoms with Gasteiger partial charge in [0, 0.05) is 6.04 Å². The molecule has 19 heavy (non-hydrogen) atoms. The molecule has 1 unspecified atom stereocenters. The normalized spacial score (nSPS) is 19.5. The molecule has 106 valence electrons. The van der Waals surface area contributed by atoms with Gasteiger partial charge in [-0.1, -0.05) is 36.8 Å². The maximum atomic E-state index is 3.48. The van der Waals surface area contributed by atoms with E-state index in [-0.39, 0.29) is 0 Å². The van der Waals surface area contributed by atoms with Gasteiger partial charge >= 0.3 is 0 Å². The van der Waals surface area contributed by atoms with Crippen LogP contribution in [0.5, 0.6) is 0 Å². The largest absolute Gasteiger partial charge is 0.317 e. The first kappa shape index (κ1) is 14.5. The number of nitrogens with one attached hydrogen (secondary N) is 1. The Hall–Kier alpha value is -0.860. The topological polar surface area (TPSA) is 15.3 Å². The predicted octanol–water partition coefficient (Wildman–Crippen LogP) is 3.38. The van der Waals surface area contributed by atoms with E-state index in [1.165, 1.54) is 43.6 Å². The molecule has 0 aliphatic carbocycles. The van der Waals surface area contributed by atoms with Gasteiger partial charge in [0.15, 0.2) is 0 Å². The second-order valence-corrected chi connectivity index (χ2v) is 5.87. The fraction of sp³-hybridized carbons (Fsp3) is 0.647. The SMILES string of the molecule is CCNCC1CCN(C(C)c2ccc(C)cc2)CC1. The van der Waals surface area contributed by atoms with E-state index >= 15 is 0 Å². The molecule has 1 heterocycles. The smallest absolute Gasteiger partial charge is 0.0319 e. The molecule has 0 saturated carbocycles. The van der Waals surface area contributed by atoms with Crippen molar-refractivity contribution >= 4 is 0 Å². The van der Waals surface area contributed by atoms with Crippen LogP contribution in [0.15, 0.2) is 24.3 Å². The van der Waals surface area contributed by atoms with Gasteiger partial charge in [-0.3, -0.25) is 4.90 Å². The van der Waals surface area contributed by atoms with Crippen LogP contribution in [0.1, 0.15) is 43.9 Å². The van der Waals surface area contributed by atoms with Gasteiger partial charge in [-0.15, -0.1) is 0 Å². The van der Waals surface area contributed by atoms with Gasteiger partial charge in [-0.25, -0.2) is 0 Å². The zero-order chi connectivity index (χ0) is 13.7. The van der Waals surface area contributed by atoms with Crippen molar-refractivity contribution in [2.24, 2.45) is 5.92 Å². The molecule has 1 fully saturated rings. The fourth-order valence-electron chi connectivity index (χ4n) is 2.95. The quantitative estimate of drug-likeness (QED) is 0.873. The van der Waals surface area contributed by atoms with E-state index in [9.17, 15) is 0 Å². The van der Waals surface area contributed by atoms with Crippen molar-refractivity contribution in [2.45, 2.75) is 39.7 Å². The number of piperidine rings is 1. The summed E-state index contributed by atoms with van der Waals surface area (Å²) in [5, 5.41) is 3.48. The number of aryl methyl sites for hydroxylation is 1. The minimum Gasteiger partial charge on any atom is -0.317 e. The summed E-state index contributed by atoms with van der Waals surface area (Å²) in [6.45, 7) is 11.5. The summed E-state index contributed by atoms with van der Waals surface area (Å²) in [7, 11) is 0. The van der Waals surface area contributed by atoms with Gasteiger partial charge in [0.2, 0.25) is 0 Å². The van der Waals surface area contributed by atoms with Gasteiger partial charge in [-0.2, -0.15) is 0 Å². The monoisotopic (exact) mass is 260 g/mol. The standard InChI is InChI=1S/C17H28N2/c1-4-18-13-16-9-11-19(12-10-16)15(3)17-7-5-14(2)6-8-17/h5-8,15-16,18H,4,9-13H2,1-3H3. The molecule has 1 aliphatic rings. The van der Waals surface area contributed by atoms with Gasteiger partial charge in [0.25, 0.3) is 0 Å². The highest BCUT2D eigenvalue weighted by Crippen LogP contribution is 2.26. The second-order valence-electron chi connectivity index (χ2n) is 5.87. The molecule has 2 rings (SSSR count). The molecular formula is C17H28N2. The van der Waals surface area contributed by atoms with Crippen LogP contribution in [0, 0.1) is 12.8 Å². The maximum absolute atomic E-state index is 3.48. The van der Waals surface area contributed by atoms with E-state index in [0.717, 1.165) is 12.5 Å². The molecule has 1 atom stereocenters. The molecule has 1 aromatic carbocycles. The minimum absolute atomic E-state index is 0.556. The number of likely N-dealkylation sites (tertiary alicyclic amines) is 1. The van der Waals surface area contributed by atoms with Crippen LogP contribution in [0.3, 0.4) is 0 Å². The van der Waals surface area contributed by atoms with Gasteiger partial charge < -0.3 is 5.32 Å². The fourth-order valence-corrected chi connectivity index (χ4v) is 2.95. The number of hydrogen-bond donors (Lipinski definition) is 1. The first-order chi connectivity index (χ1) is 9.20. The van der Waals surface area contributed by atoms with Crippen molar-refractivity contribution in [2.75, 3.05) is 26.2 Å². The van der Waals surface area contributed by atoms with Crippen LogP contribution in [0.25, 0.3) is 0 Å². The number of benzene rings is 1. The number of nitrogens with zero attached hydrogens (tertiary/aromatic N) is 1. The molecule has 0 aromatic heterocycles. The lowest BCUT2D eigenvalue weighted by Crippen LogP contribution is -2.38. The first-order valence-corrected chi connectivity index (χ1v) is 7.72. The molecule has 0 radical (unpaired) electrons. The molecule has 0 bridgehead atoms. The average molecular weight is 260 g/mol. The molecule has 1 aliphatic heterocycles. The van der Waals surface area contributed by atoms with Crippen LogP contribution in [0.4, 0.5) is 0 Å². The van der Waals surface area contributed by atoms with Crippen molar-refractivity contribution < 1.29 is 0 Å². The van der Waals surface area contributed by atoms with E-state index < -0.39 is 0 Å². The van der Waals surface area contributed by atoms with Crippen LogP contribution in [-0.2, 0) is 0 Å². The summed E-state index contributed by atoms with van der Waals surface area (Å²) in [6.07, 6.45) is 2.67. The lowest BCUT2D eigenvalue weighted by molar-refractivity contribution is 0.140. The molecule has 2 heteroatoms. The molecule has 2 nitrogen and oxygen atoms in total. The summed E-state index contributed by atoms with van der Waals surface area (Å²) in [6, 6.07) is 9.57. The van der Waals surface area contributed by atoms with Crippen LogP contribution < -0.4 is 5.32 Å². The van der Waals surface area contributed by atoms with Crippen molar-refractivity contribution in [3.8, 4) is 0 Å². The third-order valence-electron chi connectivity index (χ3n) is 4.44. The lowest BCUT2D eigenvalue weighted by atomic mass is 9.94. The molecule has 0 spiro atoms. The predicted molar refractivity (Wildman–Crippen MR) is 82.4 cm³/mol. The third-order valence-corrected chi connectivity index (χ3v) is 4.44. The Kier molecular flexibility index (Phi) is 5.41. The Morgan fingerprint density at radius 1 is 1.21 bits per heavy atom.